The molecule has 0 aliphatic heterocycles. The fourth-order valence-corrected chi connectivity index (χ4v) is 0.874. The lowest BCUT2D eigenvalue weighted by atomic mass is 10.4. The average molecular weight is 165 g/mol. The highest BCUT2D eigenvalue weighted by Crippen LogP contribution is 2.14. The number of hydrogen-bond donors (Lipinski definition) is 1. The third kappa shape index (κ3) is 0.931. The monoisotopic (exact) mass is 165 g/mol. The molecular weight excluding hydrogens is 158 g/mol. The number of aryl methyl sites for hydroxylation is 1. The molecule has 0 radical (unpaired) electrons. The van der Waals surface area contributed by atoms with Crippen LogP contribution in [0.15, 0.2) is 17.0 Å². The molecule has 2 aromatic rings. The highest BCUT2D eigenvalue weighted by atomic mass is 16.5. The van der Waals surface area contributed by atoms with Gasteiger partial charge in [0.05, 0.1) is 0 Å². The summed E-state index contributed by atoms with van der Waals surface area (Å²) in [5.74, 6) is 1.01. The van der Waals surface area contributed by atoms with E-state index in [0.29, 0.717) is 17.3 Å². The van der Waals surface area contributed by atoms with Crippen LogP contribution in [0.4, 0.5) is 5.82 Å². The molecule has 6 heteroatoms. The molecule has 0 bridgehead atoms. The van der Waals surface area contributed by atoms with E-state index in [0.717, 1.165) is 0 Å². The standard InChI is InChI=1S/C6H7N5O/c1-11-5(7)2-4(9-11)6-8-3-12-10-6/h2-3H,7H2,1H3. The van der Waals surface area contributed by atoms with Crippen LogP contribution < -0.4 is 5.73 Å². The van der Waals surface area contributed by atoms with Gasteiger partial charge in [-0.25, -0.2) is 0 Å². The van der Waals surface area contributed by atoms with Crippen LogP contribution in [0.2, 0.25) is 0 Å². The molecule has 0 fully saturated rings. The Morgan fingerprint density at radius 2 is 2.42 bits per heavy atom. The Morgan fingerprint density at radius 1 is 1.58 bits per heavy atom. The Hall–Kier alpha value is -1.85. The normalized spacial score (nSPS) is 10.4. The van der Waals surface area contributed by atoms with Crippen molar-refractivity contribution >= 4 is 5.82 Å². The first-order valence-electron chi connectivity index (χ1n) is 3.33. The van der Waals surface area contributed by atoms with Gasteiger partial charge in [-0.1, -0.05) is 5.16 Å². The van der Waals surface area contributed by atoms with Crippen molar-refractivity contribution < 1.29 is 4.52 Å². The fourth-order valence-electron chi connectivity index (χ4n) is 0.874. The average Bonchev–Trinajstić information content (AvgIpc) is 2.61. The van der Waals surface area contributed by atoms with Crippen molar-refractivity contribution in [2.45, 2.75) is 0 Å². The second kappa shape index (κ2) is 2.33. The lowest BCUT2D eigenvalue weighted by Crippen LogP contribution is -1.96. The number of hydrogen-bond acceptors (Lipinski definition) is 5. The van der Waals surface area contributed by atoms with Crippen LogP contribution in [0, 0.1) is 0 Å². The van der Waals surface area contributed by atoms with E-state index in [9.17, 15) is 0 Å². The quantitative estimate of drug-likeness (QED) is 0.645. The number of nitrogen functional groups attached to an aromatic ring is 1. The van der Waals surface area contributed by atoms with Crippen LogP contribution in [-0.2, 0) is 7.05 Å². The Labute approximate surface area is 68.0 Å². The molecule has 0 aliphatic carbocycles. The van der Waals surface area contributed by atoms with Crippen molar-refractivity contribution in [3.8, 4) is 11.5 Å². The predicted octanol–water partition coefficient (Wildman–Crippen LogP) is 0.0523. The van der Waals surface area contributed by atoms with Crippen LogP contribution in [0.3, 0.4) is 0 Å². The maximum atomic E-state index is 5.56. The molecule has 0 spiro atoms. The molecular formula is C6H7N5O. The third-order valence-electron chi connectivity index (χ3n) is 1.51. The molecule has 0 aromatic carbocycles. The van der Waals surface area contributed by atoms with Crippen molar-refractivity contribution in [1.29, 1.82) is 0 Å². The zero-order valence-electron chi connectivity index (χ0n) is 6.43. The summed E-state index contributed by atoms with van der Waals surface area (Å²) in [5, 5.41) is 7.68. The van der Waals surface area contributed by atoms with E-state index < -0.39 is 0 Å². The SMILES string of the molecule is Cn1nc(-c2ncon2)cc1N. The topological polar surface area (TPSA) is 82.8 Å². The number of nitrogens with zero attached hydrogens (tertiary/aromatic N) is 4. The molecule has 0 aliphatic rings. The highest BCUT2D eigenvalue weighted by molar-refractivity contribution is 5.53. The van der Waals surface area contributed by atoms with Gasteiger partial charge >= 0.3 is 0 Å². The van der Waals surface area contributed by atoms with E-state index in [-0.39, 0.29) is 0 Å². The van der Waals surface area contributed by atoms with Crippen LogP contribution in [0.5, 0.6) is 0 Å². The number of anilines is 1. The van der Waals surface area contributed by atoms with E-state index in [1.54, 1.807) is 17.8 Å². The van der Waals surface area contributed by atoms with Gasteiger partial charge in [-0.05, 0) is 0 Å². The molecule has 0 saturated carbocycles. The summed E-state index contributed by atoms with van der Waals surface area (Å²) in [4.78, 5) is 3.83. The van der Waals surface area contributed by atoms with Gasteiger partial charge in [0, 0.05) is 13.1 Å². The minimum absolute atomic E-state index is 0.447. The van der Waals surface area contributed by atoms with E-state index >= 15 is 0 Å². The number of aromatic nitrogens is 4. The van der Waals surface area contributed by atoms with E-state index in [2.05, 4.69) is 19.8 Å². The van der Waals surface area contributed by atoms with E-state index in [4.69, 9.17) is 5.73 Å². The predicted molar refractivity (Wildman–Crippen MR) is 40.9 cm³/mol. The minimum atomic E-state index is 0.447. The minimum Gasteiger partial charge on any atom is -0.384 e. The van der Waals surface area contributed by atoms with Crippen LogP contribution in [0.25, 0.3) is 11.5 Å². The number of nitrogens with two attached hydrogens (primary N) is 1. The lowest BCUT2D eigenvalue weighted by molar-refractivity contribution is 0.418. The van der Waals surface area contributed by atoms with Crippen molar-refractivity contribution in [3.63, 3.8) is 0 Å². The summed E-state index contributed by atoms with van der Waals surface area (Å²) in [5.41, 5.74) is 6.18. The van der Waals surface area contributed by atoms with Gasteiger partial charge in [0.25, 0.3) is 0 Å². The zero-order valence-corrected chi connectivity index (χ0v) is 6.43. The molecule has 2 N–H and O–H groups in total. The largest absolute Gasteiger partial charge is 0.384 e. The zero-order chi connectivity index (χ0) is 8.55. The van der Waals surface area contributed by atoms with Gasteiger partial charge in [0.1, 0.15) is 11.5 Å². The molecule has 12 heavy (non-hydrogen) atoms. The first-order valence-corrected chi connectivity index (χ1v) is 3.33. The van der Waals surface area contributed by atoms with Crippen molar-refractivity contribution in [2.24, 2.45) is 7.05 Å². The highest BCUT2D eigenvalue weighted by Gasteiger charge is 2.07. The third-order valence-corrected chi connectivity index (χ3v) is 1.51. The maximum absolute atomic E-state index is 5.56. The summed E-state index contributed by atoms with van der Waals surface area (Å²) in [7, 11) is 1.75. The van der Waals surface area contributed by atoms with Crippen LogP contribution in [0.1, 0.15) is 0 Å². The summed E-state index contributed by atoms with van der Waals surface area (Å²) >= 11 is 0. The van der Waals surface area contributed by atoms with Gasteiger partial charge in [-0.2, -0.15) is 10.1 Å². The number of rotatable bonds is 1. The van der Waals surface area contributed by atoms with E-state index in [1.807, 2.05) is 0 Å². The summed E-state index contributed by atoms with van der Waals surface area (Å²) in [6.45, 7) is 0. The lowest BCUT2D eigenvalue weighted by Gasteiger charge is -1.88. The molecule has 6 nitrogen and oxygen atoms in total. The molecule has 2 heterocycles. The summed E-state index contributed by atoms with van der Waals surface area (Å²) in [6.07, 6.45) is 1.25. The Kier molecular flexibility index (Phi) is 1.33. The van der Waals surface area contributed by atoms with Gasteiger partial charge < -0.3 is 10.3 Å². The molecule has 0 saturated heterocycles. The summed E-state index contributed by atoms with van der Waals surface area (Å²) < 4.78 is 6.11. The van der Waals surface area contributed by atoms with Crippen LogP contribution in [-0.4, -0.2) is 19.9 Å². The van der Waals surface area contributed by atoms with Crippen molar-refractivity contribution in [2.75, 3.05) is 5.73 Å². The molecule has 2 rings (SSSR count). The first-order chi connectivity index (χ1) is 5.77. The first kappa shape index (κ1) is 6.84. The molecule has 0 unspecified atom stereocenters. The fraction of sp³-hybridized carbons (Fsp3) is 0.167. The molecule has 2 aromatic heterocycles. The van der Waals surface area contributed by atoms with E-state index in [1.165, 1.54) is 6.39 Å². The molecule has 0 amide bonds. The van der Waals surface area contributed by atoms with Gasteiger partial charge in [-0.15, -0.1) is 0 Å². The Bertz CT molecular complexity index is 357. The van der Waals surface area contributed by atoms with Crippen LogP contribution >= 0.6 is 0 Å². The van der Waals surface area contributed by atoms with Gasteiger partial charge in [0.15, 0.2) is 0 Å². The van der Waals surface area contributed by atoms with Gasteiger partial charge in [0.2, 0.25) is 12.2 Å². The smallest absolute Gasteiger partial charge is 0.222 e. The molecule has 62 valence electrons. The Morgan fingerprint density at radius 3 is 2.92 bits per heavy atom. The summed E-state index contributed by atoms with van der Waals surface area (Å²) in [6, 6.07) is 1.69. The second-order valence-corrected chi connectivity index (χ2v) is 2.33. The Balaban J connectivity index is 2.48. The maximum Gasteiger partial charge on any atom is 0.222 e. The van der Waals surface area contributed by atoms with Crippen molar-refractivity contribution in [3.05, 3.63) is 12.5 Å². The van der Waals surface area contributed by atoms with Crippen molar-refractivity contribution in [1.82, 2.24) is 19.9 Å². The second-order valence-electron chi connectivity index (χ2n) is 2.33. The van der Waals surface area contributed by atoms with Gasteiger partial charge in [-0.3, -0.25) is 4.68 Å². The molecule has 0 atom stereocenters.